The Hall–Kier alpha value is -0.280. The SMILES string of the molecule is NN1N([O-])ON1[O-]. The molecule has 0 radical (unpaired) electrons. The Labute approximate surface area is 38.4 Å². The summed E-state index contributed by atoms with van der Waals surface area (Å²) in [7, 11) is 0. The van der Waals surface area contributed by atoms with E-state index in [4.69, 9.17) is 0 Å². The number of hydrazine groups is 3. The standard InChI is InChI=1S/H2N4O3/c1-2-3(5)7-4(2)6/h1H2/q-2. The highest BCUT2D eigenvalue weighted by molar-refractivity contribution is 4.39. The lowest BCUT2D eigenvalue weighted by Gasteiger charge is -2.54. The van der Waals surface area contributed by atoms with Crippen molar-refractivity contribution in [1.82, 2.24) is 15.9 Å². The first-order chi connectivity index (χ1) is 3.22. The molecule has 1 aliphatic rings. The van der Waals surface area contributed by atoms with Gasteiger partial charge in [-0.1, -0.05) is 5.23 Å². The number of hydrogen-bond acceptors (Lipinski definition) is 7. The topological polar surface area (TPSA) is 91.1 Å². The molecule has 0 aliphatic carbocycles. The van der Waals surface area contributed by atoms with E-state index in [2.05, 4.69) is 10.8 Å². The van der Waals surface area contributed by atoms with Crippen molar-refractivity contribution in [3.05, 3.63) is 10.4 Å². The quantitative estimate of drug-likeness (QED) is 0.374. The molecule has 2 N–H and O–H groups in total. The fourth-order valence-corrected chi connectivity index (χ4v) is 0.167. The van der Waals surface area contributed by atoms with Gasteiger partial charge in [-0.25, -0.2) is 5.84 Å². The van der Waals surface area contributed by atoms with Crippen LogP contribution in [0.1, 0.15) is 0 Å². The molecule has 1 fully saturated rings. The van der Waals surface area contributed by atoms with Gasteiger partial charge in [-0.3, -0.25) is 0 Å². The second-order valence-corrected chi connectivity index (χ2v) is 0.878. The van der Waals surface area contributed by atoms with Crippen LogP contribution in [-0.2, 0) is 4.94 Å². The molecular formula is H2N4O3-2. The zero-order valence-electron chi connectivity index (χ0n) is 3.14. The predicted molar refractivity (Wildman–Crippen MR) is 17.5 cm³/mol. The van der Waals surface area contributed by atoms with Crippen LogP contribution in [0.4, 0.5) is 0 Å². The summed E-state index contributed by atoms with van der Waals surface area (Å²) >= 11 is 0. The summed E-state index contributed by atoms with van der Waals surface area (Å²) in [6.07, 6.45) is 0. The van der Waals surface area contributed by atoms with Crippen LogP contribution in [0.25, 0.3) is 0 Å². The average molecular weight is 106 g/mol. The Morgan fingerprint density at radius 2 is 1.71 bits per heavy atom. The predicted octanol–water partition coefficient (Wildman–Crippen LogP) is -1.55. The molecule has 0 atom stereocenters. The molecule has 0 amide bonds. The van der Waals surface area contributed by atoms with E-state index >= 15 is 0 Å². The second kappa shape index (κ2) is 1.35. The maximum Gasteiger partial charge on any atom is -0.0808 e. The molecule has 0 aromatic carbocycles. The molecule has 0 spiro atoms. The van der Waals surface area contributed by atoms with Crippen LogP contribution in [-0.4, -0.2) is 15.9 Å². The van der Waals surface area contributed by atoms with Crippen molar-refractivity contribution < 1.29 is 4.94 Å². The van der Waals surface area contributed by atoms with Crippen LogP contribution in [0.2, 0.25) is 0 Å². The smallest absolute Gasteiger partial charge is 0.0808 e. The lowest BCUT2D eigenvalue weighted by molar-refractivity contribution is -0.580. The molecule has 1 aliphatic heterocycles. The van der Waals surface area contributed by atoms with Gasteiger partial charge in [-0.05, 0) is 0 Å². The third kappa shape index (κ3) is 0.576. The molecule has 1 saturated heterocycles. The van der Waals surface area contributed by atoms with Gasteiger partial charge >= 0.3 is 0 Å². The summed E-state index contributed by atoms with van der Waals surface area (Å²) in [4.78, 5) is 3.61. The Kier molecular flexibility index (Phi) is 0.938. The lowest BCUT2D eigenvalue weighted by Crippen LogP contribution is -2.64. The van der Waals surface area contributed by atoms with Crippen LogP contribution in [0.3, 0.4) is 0 Å². The Bertz CT molecular complexity index is 65.3. The van der Waals surface area contributed by atoms with Crippen molar-refractivity contribution in [3.63, 3.8) is 0 Å². The number of nitrogens with zero attached hydrogens (tertiary/aromatic N) is 3. The van der Waals surface area contributed by atoms with E-state index in [0.717, 1.165) is 0 Å². The summed E-state index contributed by atoms with van der Waals surface area (Å²) in [5.74, 6) is 4.60. The number of rotatable bonds is 0. The van der Waals surface area contributed by atoms with Gasteiger partial charge in [-0.15, -0.1) is 10.7 Å². The van der Waals surface area contributed by atoms with Gasteiger partial charge in [0.1, 0.15) is 0 Å². The van der Waals surface area contributed by atoms with E-state index in [1.54, 1.807) is 0 Å². The number of hydrogen-bond donors (Lipinski definition) is 1. The van der Waals surface area contributed by atoms with E-state index in [9.17, 15) is 10.4 Å². The molecule has 0 aromatic rings. The van der Waals surface area contributed by atoms with Gasteiger partial charge in [0.05, 0.1) is 0 Å². The molecule has 0 saturated carbocycles. The van der Waals surface area contributed by atoms with Gasteiger partial charge in [0.25, 0.3) is 0 Å². The minimum absolute atomic E-state index is 0.160. The molecule has 7 heteroatoms. The van der Waals surface area contributed by atoms with E-state index in [0.29, 0.717) is 0 Å². The molecule has 1 heterocycles. The molecular weight excluding hydrogens is 104 g/mol. The van der Waals surface area contributed by atoms with Crippen LogP contribution < -0.4 is 5.84 Å². The monoisotopic (exact) mass is 106 g/mol. The molecule has 0 bridgehead atoms. The van der Waals surface area contributed by atoms with Crippen molar-refractivity contribution in [3.8, 4) is 0 Å². The Balaban J connectivity index is 2.29. The van der Waals surface area contributed by atoms with Crippen LogP contribution in [0.15, 0.2) is 0 Å². The summed E-state index contributed by atoms with van der Waals surface area (Å²) < 4.78 is 0. The second-order valence-electron chi connectivity index (χ2n) is 0.878. The summed E-state index contributed by atoms with van der Waals surface area (Å²) in [5, 5.41) is 19.3. The van der Waals surface area contributed by atoms with Gasteiger partial charge in [0.15, 0.2) is 0 Å². The average Bonchev–Trinajstić information content (AvgIpc) is 1.68. The zero-order chi connectivity index (χ0) is 5.44. The van der Waals surface area contributed by atoms with Crippen molar-refractivity contribution in [1.29, 1.82) is 0 Å². The van der Waals surface area contributed by atoms with Gasteiger partial charge in [-0.2, -0.15) is 4.94 Å². The molecule has 1 rings (SSSR count). The first kappa shape index (κ1) is 4.87. The van der Waals surface area contributed by atoms with Crippen LogP contribution in [0.5, 0.6) is 0 Å². The maximum absolute atomic E-state index is 9.69. The van der Waals surface area contributed by atoms with E-state index in [1.165, 1.54) is 0 Å². The third-order valence-corrected chi connectivity index (χ3v) is 0.474. The highest BCUT2D eigenvalue weighted by atomic mass is 17.2. The summed E-state index contributed by atoms with van der Waals surface area (Å²) in [5.41, 5.74) is 0. The highest BCUT2D eigenvalue weighted by Crippen LogP contribution is 2.08. The molecule has 7 heavy (non-hydrogen) atoms. The molecule has 42 valence electrons. The van der Waals surface area contributed by atoms with Crippen molar-refractivity contribution in [2.24, 2.45) is 5.84 Å². The normalized spacial score (nSPS) is 27.9. The summed E-state index contributed by atoms with van der Waals surface area (Å²) in [6, 6.07) is 0. The van der Waals surface area contributed by atoms with Crippen LogP contribution in [0, 0.1) is 10.4 Å². The minimum Gasteiger partial charge on any atom is -0.744 e. The van der Waals surface area contributed by atoms with Gasteiger partial charge in [0.2, 0.25) is 0 Å². The molecule has 0 unspecified atom stereocenters. The molecule has 0 aromatic heterocycles. The fraction of sp³-hybridized carbons (Fsp3) is 0. The molecule has 7 nitrogen and oxygen atoms in total. The highest BCUT2D eigenvalue weighted by Gasteiger charge is 2.16. The largest absolute Gasteiger partial charge is 0.744 e. The third-order valence-electron chi connectivity index (χ3n) is 0.474. The van der Waals surface area contributed by atoms with Crippen LogP contribution >= 0.6 is 0 Å². The van der Waals surface area contributed by atoms with E-state index in [1.807, 2.05) is 0 Å². The fourth-order valence-electron chi connectivity index (χ4n) is 0.167. The van der Waals surface area contributed by atoms with Crippen molar-refractivity contribution >= 4 is 0 Å². The van der Waals surface area contributed by atoms with Gasteiger partial charge in [0, 0.05) is 0 Å². The zero-order valence-corrected chi connectivity index (χ0v) is 3.14. The van der Waals surface area contributed by atoms with E-state index < -0.39 is 0 Å². The van der Waals surface area contributed by atoms with Crippen molar-refractivity contribution in [2.75, 3.05) is 0 Å². The summed E-state index contributed by atoms with van der Waals surface area (Å²) in [6.45, 7) is 0. The van der Waals surface area contributed by atoms with E-state index in [-0.39, 0.29) is 15.9 Å². The lowest BCUT2D eigenvalue weighted by atomic mass is 12.0. The first-order valence-electron chi connectivity index (χ1n) is 1.39. The van der Waals surface area contributed by atoms with Crippen molar-refractivity contribution in [2.45, 2.75) is 0 Å². The first-order valence-corrected chi connectivity index (χ1v) is 1.39. The Morgan fingerprint density at radius 1 is 1.29 bits per heavy atom. The maximum atomic E-state index is 9.69. The number of nitrogens with two attached hydrogens (primary N) is 1. The minimum atomic E-state index is -0.160. The van der Waals surface area contributed by atoms with Gasteiger partial charge < -0.3 is 10.4 Å². The Morgan fingerprint density at radius 3 is 1.71 bits per heavy atom.